The Hall–Kier alpha value is -2.04. The highest BCUT2D eigenvalue weighted by Gasteiger charge is 2.23. The summed E-state index contributed by atoms with van der Waals surface area (Å²) >= 11 is 0. The molecule has 1 fully saturated rings. The van der Waals surface area contributed by atoms with Gasteiger partial charge in [0.15, 0.2) is 0 Å². The molecule has 2 amide bonds. The van der Waals surface area contributed by atoms with Crippen molar-refractivity contribution in [2.75, 3.05) is 5.32 Å². The van der Waals surface area contributed by atoms with Gasteiger partial charge in [0.2, 0.25) is 0 Å². The lowest BCUT2D eigenvalue weighted by Crippen LogP contribution is -2.30. The first-order chi connectivity index (χ1) is 8.13. The van der Waals surface area contributed by atoms with Gasteiger partial charge in [-0.15, -0.1) is 0 Å². The number of urea groups is 1. The average Bonchev–Trinajstić information content (AvgIpc) is 3.04. The second kappa shape index (κ2) is 4.86. The Morgan fingerprint density at radius 1 is 1.24 bits per heavy atom. The van der Waals surface area contributed by atoms with Crippen molar-refractivity contribution in [1.82, 2.24) is 5.32 Å². The number of anilines is 1. The molecule has 1 saturated carbocycles. The van der Waals surface area contributed by atoms with Crippen molar-refractivity contribution in [2.24, 2.45) is 0 Å². The van der Waals surface area contributed by atoms with Crippen molar-refractivity contribution in [3.8, 4) is 0 Å². The van der Waals surface area contributed by atoms with Crippen molar-refractivity contribution < 1.29 is 14.7 Å². The van der Waals surface area contributed by atoms with Crippen molar-refractivity contribution >= 4 is 17.7 Å². The first-order valence-electron chi connectivity index (χ1n) is 5.52. The zero-order chi connectivity index (χ0) is 12.3. The maximum absolute atomic E-state index is 11.4. The van der Waals surface area contributed by atoms with E-state index in [1.165, 1.54) is 0 Å². The molecule has 0 saturated heterocycles. The van der Waals surface area contributed by atoms with Crippen LogP contribution in [0.15, 0.2) is 24.3 Å². The monoisotopic (exact) mass is 234 g/mol. The molecule has 1 aromatic rings. The Balaban J connectivity index is 1.88. The Labute approximate surface area is 98.8 Å². The molecule has 2 rings (SSSR count). The molecule has 0 heterocycles. The number of carbonyl (C=O) groups excluding carboxylic acids is 1. The van der Waals surface area contributed by atoms with Crippen LogP contribution in [-0.4, -0.2) is 23.1 Å². The van der Waals surface area contributed by atoms with Gasteiger partial charge in [0.05, 0.1) is 6.42 Å². The number of carboxylic acid groups (broad SMARTS) is 1. The molecule has 0 atom stereocenters. The predicted octanol–water partition coefficient (Wildman–Crippen LogP) is 1.60. The van der Waals surface area contributed by atoms with Crippen LogP contribution in [0.2, 0.25) is 0 Å². The highest BCUT2D eigenvalue weighted by Crippen LogP contribution is 2.19. The second-order valence-electron chi connectivity index (χ2n) is 4.14. The molecule has 1 aromatic carbocycles. The highest BCUT2D eigenvalue weighted by atomic mass is 16.4. The molecule has 0 spiro atoms. The van der Waals surface area contributed by atoms with Gasteiger partial charge in [-0.1, -0.05) is 12.1 Å². The summed E-state index contributed by atoms with van der Waals surface area (Å²) in [6.45, 7) is 0. The highest BCUT2D eigenvalue weighted by molar-refractivity contribution is 5.89. The Morgan fingerprint density at radius 2 is 1.88 bits per heavy atom. The lowest BCUT2D eigenvalue weighted by atomic mass is 10.1. The standard InChI is InChI=1S/C12H14N2O3/c15-11(16)7-8-1-3-9(4-2-8)13-12(17)14-10-5-6-10/h1-4,10H,5-7H2,(H,15,16)(H2,13,14,17). The minimum Gasteiger partial charge on any atom is -0.481 e. The quantitative estimate of drug-likeness (QED) is 0.740. The van der Waals surface area contributed by atoms with Gasteiger partial charge in [-0.25, -0.2) is 4.79 Å². The van der Waals surface area contributed by atoms with E-state index in [-0.39, 0.29) is 12.5 Å². The molecule has 5 heteroatoms. The minimum absolute atomic E-state index is 0.00541. The number of rotatable bonds is 4. The number of carbonyl (C=O) groups is 2. The third-order valence-electron chi connectivity index (χ3n) is 2.48. The number of aliphatic carboxylic acids is 1. The van der Waals surface area contributed by atoms with E-state index in [4.69, 9.17) is 5.11 Å². The van der Waals surface area contributed by atoms with Gasteiger partial charge in [0, 0.05) is 11.7 Å². The van der Waals surface area contributed by atoms with Gasteiger partial charge in [-0.3, -0.25) is 4.79 Å². The van der Waals surface area contributed by atoms with Crippen LogP contribution >= 0.6 is 0 Å². The van der Waals surface area contributed by atoms with Crippen LogP contribution in [0.5, 0.6) is 0 Å². The minimum atomic E-state index is -0.864. The molecule has 17 heavy (non-hydrogen) atoms. The Kier molecular flexibility index (Phi) is 3.27. The molecule has 3 N–H and O–H groups in total. The van der Waals surface area contributed by atoms with Crippen LogP contribution in [0.1, 0.15) is 18.4 Å². The lowest BCUT2D eigenvalue weighted by molar-refractivity contribution is -0.136. The molecule has 1 aliphatic rings. The summed E-state index contributed by atoms with van der Waals surface area (Å²) in [5.41, 5.74) is 1.38. The van der Waals surface area contributed by atoms with Gasteiger partial charge >= 0.3 is 12.0 Å². The summed E-state index contributed by atoms with van der Waals surface area (Å²) in [6, 6.07) is 6.90. The number of hydrogen-bond acceptors (Lipinski definition) is 2. The van der Waals surface area contributed by atoms with E-state index in [0.717, 1.165) is 12.8 Å². The summed E-state index contributed by atoms with van der Waals surface area (Å²) in [5, 5.41) is 14.1. The molecule has 0 bridgehead atoms. The maximum atomic E-state index is 11.4. The smallest absolute Gasteiger partial charge is 0.319 e. The van der Waals surface area contributed by atoms with E-state index in [2.05, 4.69) is 10.6 Å². The third-order valence-corrected chi connectivity index (χ3v) is 2.48. The number of amides is 2. The zero-order valence-electron chi connectivity index (χ0n) is 9.27. The molecular weight excluding hydrogens is 220 g/mol. The van der Waals surface area contributed by atoms with E-state index < -0.39 is 5.97 Å². The van der Waals surface area contributed by atoms with E-state index in [9.17, 15) is 9.59 Å². The summed E-state index contributed by atoms with van der Waals surface area (Å²) < 4.78 is 0. The van der Waals surface area contributed by atoms with Gasteiger partial charge in [0.1, 0.15) is 0 Å². The van der Waals surface area contributed by atoms with Gasteiger partial charge in [-0.05, 0) is 30.5 Å². The van der Waals surface area contributed by atoms with Crippen molar-refractivity contribution in [1.29, 1.82) is 0 Å². The molecule has 0 unspecified atom stereocenters. The van der Waals surface area contributed by atoms with E-state index in [1.54, 1.807) is 24.3 Å². The van der Waals surface area contributed by atoms with Crippen LogP contribution in [0, 0.1) is 0 Å². The summed E-state index contributed by atoms with van der Waals surface area (Å²) in [7, 11) is 0. The second-order valence-corrected chi connectivity index (χ2v) is 4.14. The summed E-state index contributed by atoms with van der Waals surface area (Å²) in [6.07, 6.45) is 2.09. The van der Waals surface area contributed by atoms with Crippen LogP contribution < -0.4 is 10.6 Å². The van der Waals surface area contributed by atoms with E-state index >= 15 is 0 Å². The van der Waals surface area contributed by atoms with Gasteiger partial charge in [-0.2, -0.15) is 0 Å². The molecule has 0 aliphatic heterocycles. The average molecular weight is 234 g/mol. The topological polar surface area (TPSA) is 78.4 Å². The number of nitrogens with one attached hydrogen (secondary N) is 2. The Morgan fingerprint density at radius 3 is 2.41 bits per heavy atom. The molecule has 0 aromatic heterocycles. The molecule has 0 radical (unpaired) electrons. The Bertz CT molecular complexity index is 424. The zero-order valence-corrected chi connectivity index (χ0v) is 9.27. The molecule has 5 nitrogen and oxygen atoms in total. The summed E-state index contributed by atoms with van der Waals surface area (Å²) in [4.78, 5) is 21.9. The fraction of sp³-hybridized carbons (Fsp3) is 0.333. The normalized spacial score (nSPS) is 14.1. The van der Waals surface area contributed by atoms with E-state index in [0.29, 0.717) is 17.3 Å². The SMILES string of the molecule is O=C(O)Cc1ccc(NC(=O)NC2CC2)cc1. The number of hydrogen-bond donors (Lipinski definition) is 3. The maximum Gasteiger partial charge on any atom is 0.319 e. The fourth-order valence-electron chi connectivity index (χ4n) is 1.46. The van der Waals surface area contributed by atoms with Crippen molar-refractivity contribution in [3.05, 3.63) is 29.8 Å². The molecular formula is C12H14N2O3. The van der Waals surface area contributed by atoms with Crippen LogP contribution in [0.4, 0.5) is 10.5 Å². The third kappa shape index (κ3) is 3.79. The molecule has 90 valence electrons. The van der Waals surface area contributed by atoms with Crippen LogP contribution in [0.3, 0.4) is 0 Å². The predicted molar refractivity (Wildman–Crippen MR) is 63.0 cm³/mol. The number of benzene rings is 1. The van der Waals surface area contributed by atoms with Crippen molar-refractivity contribution in [2.45, 2.75) is 25.3 Å². The first kappa shape index (κ1) is 11.4. The van der Waals surface area contributed by atoms with Gasteiger partial charge in [0.25, 0.3) is 0 Å². The fourth-order valence-corrected chi connectivity index (χ4v) is 1.46. The largest absolute Gasteiger partial charge is 0.481 e. The van der Waals surface area contributed by atoms with Crippen LogP contribution in [-0.2, 0) is 11.2 Å². The number of carboxylic acids is 1. The first-order valence-corrected chi connectivity index (χ1v) is 5.52. The van der Waals surface area contributed by atoms with Crippen LogP contribution in [0.25, 0.3) is 0 Å². The molecule has 1 aliphatic carbocycles. The van der Waals surface area contributed by atoms with Gasteiger partial charge < -0.3 is 15.7 Å². The van der Waals surface area contributed by atoms with E-state index in [1.807, 2.05) is 0 Å². The summed E-state index contributed by atoms with van der Waals surface area (Å²) in [5.74, 6) is -0.864. The van der Waals surface area contributed by atoms with Crippen molar-refractivity contribution in [3.63, 3.8) is 0 Å². The lowest BCUT2D eigenvalue weighted by Gasteiger charge is -2.06.